The van der Waals surface area contributed by atoms with Crippen LogP contribution in [0.4, 0.5) is 5.69 Å². The third kappa shape index (κ3) is 4.08. The summed E-state index contributed by atoms with van der Waals surface area (Å²) in [6, 6.07) is 7.77. The van der Waals surface area contributed by atoms with Crippen LogP contribution in [0.5, 0.6) is 0 Å². The van der Waals surface area contributed by atoms with Gasteiger partial charge >= 0.3 is 0 Å². The molecule has 0 saturated carbocycles. The number of hydrogen-bond donors (Lipinski definition) is 1. The van der Waals surface area contributed by atoms with Gasteiger partial charge in [0.15, 0.2) is 0 Å². The van der Waals surface area contributed by atoms with E-state index in [4.69, 9.17) is 4.74 Å². The van der Waals surface area contributed by atoms with Gasteiger partial charge in [0.1, 0.15) is 0 Å². The van der Waals surface area contributed by atoms with E-state index in [9.17, 15) is 4.79 Å². The molecule has 2 aromatic heterocycles. The molecule has 6 heteroatoms. The van der Waals surface area contributed by atoms with Crippen molar-refractivity contribution < 1.29 is 9.53 Å². The molecule has 0 unspecified atom stereocenters. The third-order valence-corrected chi connectivity index (χ3v) is 5.34. The summed E-state index contributed by atoms with van der Waals surface area (Å²) in [7, 11) is 0. The minimum absolute atomic E-state index is 0.00133. The van der Waals surface area contributed by atoms with Crippen molar-refractivity contribution in [1.29, 1.82) is 0 Å². The number of amides is 1. The monoisotopic (exact) mass is 352 g/mol. The Labute approximate surface area is 153 Å². The highest BCUT2D eigenvalue weighted by atomic mass is 16.5. The van der Waals surface area contributed by atoms with Gasteiger partial charge in [0.2, 0.25) is 5.91 Å². The van der Waals surface area contributed by atoms with Crippen molar-refractivity contribution in [3.63, 3.8) is 0 Å². The van der Waals surface area contributed by atoms with Gasteiger partial charge in [-0.2, -0.15) is 0 Å². The molecule has 2 saturated heterocycles. The Balaban J connectivity index is 1.29. The van der Waals surface area contributed by atoms with Crippen LogP contribution in [0, 0.1) is 11.8 Å². The first-order valence-corrected chi connectivity index (χ1v) is 9.20. The average Bonchev–Trinajstić information content (AvgIpc) is 3.05. The number of anilines is 1. The summed E-state index contributed by atoms with van der Waals surface area (Å²) in [6.45, 7) is 3.75. The van der Waals surface area contributed by atoms with Crippen LogP contribution in [0.3, 0.4) is 0 Å². The second kappa shape index (κ2) is 7.93. The maximum Gasteiger partial charge on any atom is 0.227 e. The summed E-state index contributed by atoms with van der Waals surface area (Å²) >= 11 is 0. The first-order valence-electron chi connectivity index (χ1n) is 9.20. The Hall–Kier alpha value is -2.31. The topological polar surface area (TPSA) is 67.3 Å². The standard InChI is InChI=1S/C20H24N4O2/c25-20(23-17-4-2-7-22-11-17)9-19-18-5-8-24(13-16(18)14-26-19)12-15-3-1-6-21-10-15/h1-4,6-7,10-11,16,18-19H,5,8-9,12-14H2,(H,23,25)/t16-,18-,19-/m0/s1. The third-order valence-electron chi connectivity index (χ3n) is 5.34. The summed E-state index contributed by atoms with van der Waals surface area (Å²) in [6.07, 6.45) is 8.61. The lowest BCUT2D eigenvalue weighted by Gasteiger charge is -2.35. The van der Waals surface area contributed by atoms with Gasteiger partial charge in [0, 0.05) is 37.6 Å². The van der Waals surface area contributed by atoms with Crippen molar-refractivity contribution in [1.82, 2.24) is 14.9 Å². The number of carbonyl (C=O) groups excluding carboxylic acids is 1. The number of piperidine rings is 1. The largest absolute Gasteiger partial charge is 0.377 e. The summed E-state index contributed by atoms with van der Waals surface area (Å²) in [5.41, 5.74) is 1.98. The van der Waals surface area contributed by atoms with Crippen molar-refractivity contribution in [3.8, 4) is 0 Å². The number of hydrogen-bond acceptors (Lipinski definition) is 5. The first kappa shape index (κ1) is 17.1. The van der Waals surface area contributed by atoms with E-state index in [0.29, 0.717) is 18.3 Å². The molecule has 0 aromatic carbocycles. The Morgan fingerprint density at radius 1 is 1.23 bits per heavy atom. The second-order valence-corrected chi connectivity index (χ2v) is 7.17. The van der Waals surface area contributed by atoms with E-state index < -0.39 is 0 Å². The zero-order chi connectivity index (χ0) is 17.8. The minimum atomic E-state index is 0.00133. The van der Waals surface area contributed by atoms with Gasteiger partial charge in [-0.15, -0.1) is 0 Å². The van der Waals surface area contributed by atoms with Gasteiger partial charge in [-0.3, -0.25) is 19.7 Å². The molecule has 1 amide bonds. The Kier molecular flexibility index (Phi) is 5.22. The molecular weight excluding hydrogens is 328 g/mol. The van der Waals surface area contributed by atoms with Gasteiger partial charge in [0.25, 0.3) is 0 Å². The van der Waals surface area contributed by atoms with Gasteiger partial charge in [-0.05, 0) is 42.6 Å². The Morgan fingerprint density at radius 3 is 2.85 bits per heavy atom. The molecule has 0 radical (unpaired) electrons. The van der Waals surface area contributed by atoms with E-state index in [0.717, 1.165) is 38.3 Å². The fourth-order valence-corrected chi connectivity index (χ4v) is 4.10. The zero-order valence-electron chi connectivity index (χ0n) is 14.8. The molecule has 0 spiro atoms. The van der Waals surface area contributed by atoms with Crippen LogP contribution in [0.15, 0.2) is 49.1 Å². The van der Waals surface area contributed by atoms with Crippen molar-refractivity contribution >= 4 is 11.6 Å². The normalized spacial score (nSPS) is 25.6. The lowest BCUT2D eigenvalue weighted by Crippen LogP contribution is -2.41. The fourth-order valence-electron chi connectivity index (χ4n) is 4.10. The molecule has 26 heavy (non-hydrogen) atoms. The van der Waals surface area contributed by atoms with Gasteiger partial charge in [0.05, 0.1) is 31.0 Å². The molecule has 2 aromatic rings. The van der Waals surface area contributed by atoms with E-state index in [-0.39, 0.29) is 12.0 Å². The predicted molar refractivity (Wildman–Crippen MR) is 98.3 cm³/mol. The average molecular weight is 352 g/mol. The molecule has 3 atom stereocenters. The number of rotatable bonds is 5. The predicted octanol–water partition coefficient (Wildman–Crippen LogP) is 2.34. The maximum atomic E-state index is 12.3. The number of carbonyl (C=O) groups is 1. The van der Waals surface area contributed by atoms with E-state index in [1.807, 2.05) is 30.6 Å². The molecule has 4 heterocycles. The van der Waals surface area contributed by atoms with E-state index >= 15 is 0 Å². The van der Waals surface area contributed by atoms with Crippen LogP contribution in [-0.4, -0.2) is 46.6 Å². The van der Waals surface area contributed by atoms with Crippen LogP contribution in [0.2, 0.25) is 0 Å². The summed E-state index contributed by atoms with van der Waals surface area (Å²) in [5, 5.41) is 2.91. The first-order chi connectivity index (χ1) is 12.8. The zero-order valence-corrected chi connectivity index (χ0v) is 14.8. The molecule has 136 valence electrons. The number of nitrogens with zero attached hydrogens (tertiary/aromatic N) is 3. The number of pyridine rings is 2. The Bertz CT molecular complexity index is 725. The quantitative estimate of drug-likeness (QED) is 0.895. The fraction of sp³-hybridized carbons (Fsp3) is 0.450. The minimum Gasteiger partial charge on any atom is -0.377 e. The summed E-state index contributed by atoms with van der Waals surface area (Å²) in [4.78, 5) is 23.0. The van der Waals surface area contributed by atoms with E-state index in [1.54, 1.807) is 12.4 Å². The van der Waals surface area contributed by atoms with Crippen LogP contribution < -0.4 is 5.32 Å². The maximum absolute atomic E-state index is 12.3. The molecular formula is C20H24N4O2. The molecule has 2 aliphatic heterocycles. The van der Waals surface area contributed by atoms with E-state index in [1.165, 1.54) is 5.56 Å². The summed E-state index contributed by atoms with van der Waals surface area (Å²) in [5.74, 6) is 0.984. The molecule has 2 fully saturated rings. The van der Waals surface area contributed by atoms with Crippen LogP contribution >= 0.6 is 0 Å². The molecule has 1 N–H and O–H groups in total. The highest BCUT2D eigenvalue weighted by Gasteiger charge is 2.41. The number of fused-ring (bicyclic) bond motifs is 1. The van der Waals surface area contributed by atoms with Crippen molar-refractivity contribution in [2.75, 3.05) is 25.0 Å². The Morgan fingerprint density at radius 2 is 2.08 bits per heavy atom. The smallest absolute Gasteiger partial charge is 0.227 e. The van der Waals surface area contributed by atoms with Gasteiger partial charge < -0.3 is 10.1 Å². The van der Waals surface area contributed by atoms with Crippen LogP contribution in [0.1, 0.15) is 18.4 Å². The number of ether oxygens (including phenoxy) is 1. The second-order valence-electron chi connectivity index (χ2n) is 7.17. The van der Waals surface area contributed by atoms with Crippen LogP contribution in [-0.2, 0) is 16.1 Å². The van der Waals surface area contributed by atoms with E-state index in [2.05, 4.69) is 26.3 Å². The molecule has 0 bridgehead atoms. The van der Waals surface area contributed by atoms with Crippen molar-refractivity contribution in [3.05, 3.63) is 54.6 Å². The van der Waals surface area contributed by atoms with Gasteiger partial charge in [-0.1, -0.05) is 6.07 Å². The van der Waals surface area contributed by atoms with Gasteiger partial charge in [-0.25, -0.2) is 0 Å². The summed E-state index contributed by atoms with van der Waals surface area (Å²) < 4.78 is 5.99. The SMILES string of the molecule is O=C(C[C@@H]1OC[C@@H]2CN(Cc3cccnc3)CC[C@@H]21)Nc1cccnc1. The number of nitrogens with one attached hydrogen (secondary N) is 1. The molecule has 0 aliphatic carbocycles. The van der Waals surface area contributed by atoms with Crippen LogP contribution in [0.25, 0.3) is 0 Å². The van der Waals surface area contributed by atoms with Crippen molar-refractivity contribution in [2.24, 2.45) is 11.8 Å². The molecule has 6 nitrogen and oxygen atoms in total. The van der Waals surface area contributed by atoms with Crippen molar-refractivity contribution in [2.45, 2.75) is 25.5 Å². The number of likely N-dealkylation sites (tertiary alicyclic amines) is 1. The molecule has 4 rings (SSSR count). The highest BCUT2D eigenvalue weighted by molar-refractivity contribution is 5.90. The number of aromatic nitrogens is 2. The highest BCUT2D eigenvalue weighted by Crippen LogP contribution is 2.36. The molecule has 2 aliphatic rings. The lowest BCUT2D eigenvalue weighted by molar-refractivity contribution is -0.118. The lowest BCUT2D eigenvalue weighted by atomic mass is 9.83.